The lowest BCUT2D eigenvalue weighted by Crippen LogP contribution is -2.56. The Morgan fingerprint density at radius 1 is 0.854 bits per heavy atom. The van der Waals surface area contributed by atoms with Crippen molar-refractivity contribution in [2.24, 2.45) is 5.92 Å². The van der Waals surface area contributed by atoms with Gasteiger partial charge in [-0.2, -0.15) is 0 Å². The fourth-order valence-corrected chi connectivity index (χ4v) is 7.10. The van der Waals surface area contributed by atoms with Crippen LogP contribution in [0.4, 0.5) is 5.69 Å². The molecular weight excluding hydrogens is 532 g/mol. The highest BCUT2D eigenvalue weighted by molar-refractivity contribution is 6.34. The lowest BCUT2D eigenvalue weighted by Gasteiger charge is -2.39. The zero-order valence-corrected chi connectivity index (χ0v) is 23.6. The minimum Gasteiger partial charge on any atom is -0.323 e. The molecule has 0 bridgehead atoms. The topological polar surface area (TPSA) is 66.5 Å². The second-order valence-electron chi connectivity index (χ2n) is 10.8. The number of nitrogens with zero attached hydrogens (tertiary/aromatic N) is 1. The van der Waals surface area contributed by atoms with Gasteiger partial charge < -0.3 is 10.2 Å². The van der Waals surface area contributed by atoms with Crippen LogP contribution in [0, 0.1) is 5.92 Å². The Labute approximate surface area is 245 Å². The normalized spacial score (nSPS) is 22.9. The summed E-state index contributed by atoms with van der Waals surface area (Å²) in [5.74, 6) is -2.19. The number of anilines is 1. The SMILES string of the molecule is CCCCC1C(c2ccccc2)C(C(=O)c2ccccc2)C2(C(=O)Nc3ccccc32)N1C(=O)c1ccccc1Cl. The van der Waals surface area contributed by atoms with Gasteiger partial charge in [-0.15, -0.1) is 0 Å². The Bertz CT molecular complexity index is 1610. The van der Waals surface area contributed by atoms with Gasteiger partial charge in [0.2, 0.25) is 0 Å². The molecular formula is C35H31ClN2O3. The fraction of sp³-hybridized carbons (Fsp3) is 0.229. The van der Waals surface area contributed by atoms with Crippen LogP contribution >= 0.6 is 11.6 Å². The van der Waals surface area contributed by atoms with Crippen molar-refractivity contribution in [3.63, 3.8) is 0 Å². The molecule has 41 heavy (non-hydrogen) atoms. The van der Waals surface area contributed by atoms with E-state index < -0.39 is 23.4 Å². The lowest BCUT2D eigenvalue weighted by atomic mass is 9.69. The molecule has 0 aromatic heterocycles. The molecule has 2 amide bonds. The summed E-state index contributed by atoms with van der Waals surface area (Å²) in [5.41, 5.74) is 1.43. The van der Waals surface area contributed by atoms with Gasteiger partial charge >= 0.3 is 0 Å². The Morgan fingerprint density at radius 3 is 2.20 bits per heavy atom. The molecule has 2 heterocycles. The van der Waals surface area contributed by atoms with Crippen LogP contribution in [0.15, 0.2) is 109 Å². The third-order valence-electron chi connectivity index (χ3n) is 8.57. The number of fused-ring (bicyclic) bond motifs is 2. The summed E-state index contributed by atoms with van der Waals surface area (Å²) in [6.45, 7) is 2.10. The molecule has 6 rings (SSSR count). The zero-order chi connectivity index (χ0) is 28.6. The van der Waals surface area contributed by atoms with E-state index in [1.807, 2.05) is 72.8 Å². The number of unbranched alkanes of at least 4 members (excludes halogenated alkanes) is 1. The first kappa shape index (κ1) is 27.0. The van der Waals surface area contributed by atoms with E-state index in [-0.39, 0.29) is 17.6 Å². The minimum absolute atomic E-state index is 0.165. The van der Waals surface area contributed by atoms with Gasteiger partial charge in [0.1, 0.15) is 0 Å². The first-order valence-electron chi connectivity index (χ1n) is 14.1. The molecule has 0 saturated carbocycles. The average molecular weight is 563 g/mol. The first-order valence-corrected chi connectivity index (χ1v) is 14.5. The largest absolute Gasteiger partial charge is 0.323 e. The molecule has 0 aliphatic carbocycles. The van der Waals surface area contributed by atoms with E-state index >= 15 is 0 Å². The molecule has 5 nitrogen and oxygen atoms in total. The van der Waals surface area contributed by atoms with Crippen LogP contribution in [-0.2, 0) is 10.3 Å². The number of amides is 2. The highest BCUT2D eigenvalue weighted by Gasteiger charge is 2.69. The molecule has 4 aromatic rings. The standard InChI is InChI=1S/C35H31ClN2O3/c1-2-3-22-29-30(23-14-6-4-7-15-23)31(32(39)24-16-8-5-9-17-24)35(26-19-11-13-21-28(26)37-34(35)41)38(29)33(40)25-18-10-12-20-27(25)36/h4-21,29-31H,2-3,22H2,1H3,(H,37,41). The maximum Gasteiger partial charge on any atom is 0.256 e. The number of ketones is 1. The smallest absolute Gasteiger partial charge is 0.256 e. The van der Waals surface area contributed by atoms with Crippen LogP contribution in [0.3, 0.4) is 0 Å². The van der Waals surface area contributed by atoms with Crippen molar-refractivity contribution in [2.45, 2.75) is 43.7 Å². The minimum atomic E-state index is -1.57. The van der Waals surface area contributed by atoms with Crippen LogP contribution in [0.1, 0.15) is 63.9 Å². The molecule has 0 radical (unpaired) electrons. The molecule has 4 aromatic carbocycles. The fourth-order valence-electron chi connectivity index (χ4n) is 6.89. The van der Waals surface area contributed by atoms with Crippen molar-refractivity contribution < 1.29 is 14.4 Å². The number of likely N-dealkylation sites (tertiary alicyclic amines) is 1. The Kier molecular flexibility index (Phi) is 7.22. The summed E-state index contributed by atoms with van der Waals surface area (Å²) in [5, 5.41) is 3.36. The van der Waals surface area contributed by atoms with Gasteiger partial charge in [-0.3, -0.25) is 14.4 Å². The quantitative estimate of drug-likeness (QED) is 0.237. The summed E-state index contributed by atoms with van der Waals surface area (Å²) in [7, 11) is 0. The molecule has 6 heteroatoms. The predicted octanol–water partition coefficient (Wildman–Crippen LogP) is 7.49. The average Bonchev–Trinajstić information content (AvgIpc) is 3.48. The van der Waals surface area contributed by atoms with Gasteiger partial charge in [-0.25, -0.2) is 0 Å². The maximum atomic E-state index is 14.8. The van der Waals surface area contributed by atoms with Crippen LogP contribution < -0.4 is 5.32 Å². The van der Waals surface area contributed by atoms with Crippen molar-refractivity contribution in [2.75, 3.05) is 5.32 Å². The first-order chi connectivity index (χ1) is 20.0. The third-order valence-corrected chi connectivity index (χ3v) is 8.90. The number of rotatable bonds is 7. The third kappa shape index (κ3) is 4.27. The number of halogens is 1. The molecule has 1 fully saturated rings. The van der Waals surface area contributed by atoms with E-state index in [0.29, 0.717) is 33.8 Å². The highest BCUT2D eigenvalue weighted by Crippen LogP contribution is 2.60. The summed E-state index contributed by atoms with van der Waals surface area (Å²) in [6.07, 6.45) is 2.35. The predicted molar refractivity (Wildman–Crippen MR) is 161 cm³/mol. The van der Waals surface area contributed by atoms with E-state index in [1.54, 1.807) is 41.3 Å². The van der Waals surface area contributed by atoms with Gasteiger partial charge in [0.15, 0.2) is 11.3 Å². The number of Topliss-reactive ketones (excluding diaryl/α,β-unsaturated/α-hetero) is 1. The van der Waals surface area contributed by atoms with Gasteiger partial charge in [0.25, 0.3) is 11.8 Å². The number of benzene rings is 4. The molecule has 2 aliphatic rings. The van der Waals surface area contributed by atoms with E-state index in [1.165, 1.54) is 0 Å². The van der Waals surface area contributed by atoms with Gasteiger partial charge in [0.05, 0.1) is 16.5 Å². The maximum absolute atomic E-state index is 14.8. The molecule has 4 atom stereocenters. The number of para-hydroxylation sites is 1. The number of hydrogen-bond donors (Lipinski definition) is 1. The summed E-state index contributed by atoms with van der Waals surface area (Å²) in [4.78, 5) is 45.8. The number of nitrogens with one attached hydrogen (secondary N) is 1. The van der Waals surface area contributed by atoms with Crippen LogP contribution in [-0.4, -0.2) is 28.5 Å². The van der Waals surface area contributed by atoms with Crippen molar-refractivity contribution in [3.05, 3.63) is 136 Å². The van der Waals surface area contributed by atoms with Crippen molar-refractivity contribution in [3.8, 4) is 0 Å². The van der Waals surface area contributed by atoms with Crippen LogP contribution in [0.25, 0.3) is 0 Å². The summed E-state index contributed by atoms with van der Waals surface area (Å²) < 4.78 is 0. The Balaban J connectivity index is 1.69. The van der Waals surface area contributed by atoms with E-state index in [4.69, 9.17) is 11.6 Å². The van der Waals surface area contributed by atoms with Crippen molar-refractivity contribution in [1.29, 1.82) is 0 Å². The second-order valence-corrected chi connectivity index (χ2v) is 11.2. The van der Waals surface area contributed by atoms with E-state index in [9.17, 15) is 14.4 Å². The number of hydrogen-bond acceptors (Lipinski definition) is 3. The number of carbonyl (C=O) groups is 3. The van der Waals surface area contributed by atoms with Crippen LogP contribution in [0.5, 0.6) is 0 Å². The second kappa shape index (κ2) is 11.0. The molecule has 1 spiro atoms. The summed E-state index contributed by atoms with van der Waals surface area (Å²) >= 11 is 6.61. The molecule has 2 aliphatic heterocycles. The van der Waals surface area contributed by atoms with Crippen LogP contribution in [0.2, 0.25) is 5.02 Å². The molecule has 1 N–H and O–H groups in total. The molecule has 1 saturated heterocycles. The van der Waals surface area contributed by atoms with Gasteiger partial charge in [0, 0.05) is 28.8 Å². The zero-order valence-electron chi connectivity index (χ0n) is 22.8. The van der Waals surface area contributed by atoms with Crippen molar-refractivity contribution >= 4 is 34.9 Å². The van der Waals surface area contributed by atoms with Crippen molar-refractivity contribution in [1.82, 2.24) is 4.90 Å². The molecule has 206 valence electrons. The highest BCUT2D eigenvalue weighted by atomic mass is 35.5. The Morgan fingerprint density at radius 2 is 1.49 bits per heavy atom. The lowest BCUT2D eigenvalue weighted by molar-refractivity contribution is -0.127. The number of carbonyl (C=O) groups excluding carboxylic acids is 3. The van der Waals surface area contributed by atoms with Gasteiger partial charge in [-0.05, 0) is 30.2 Å². The molecule has 4 unspecified atom stereocenters. The van der Waals surface area contributed by atoms with E-state index in [2.05, 4.69) is 12.2 Å². The van der Waals surface area contributed by atoms with Gasteiger partial charge in [-0.1, -0.05) is 122 Å². The Hall–Kier alpha value is -4.22. The van der Waals surface area contributed by atoms with E-state index in [0.717, 1.165) is 18.4 Å². The monoisotopic (exact) mass is 562 g/mol. The summed E-state index contributed by atoms with van der Waals surface area (Å²) in [6, 6.07) is 32.9.